The first-order valence-electron chi connectivity index (χ1n) is 11.2. The molecule has 3 rings (SSSR count). The van der Waals surface area contributed by atoms with Crippen molar-refractivity contribution < 1.29 is 4.79 Å². The highest BCUT2D eigenvalue weighted by atomic mass is 16.2. The first-order valence-corrected chi connectivity index (χ1v) is 11.2. The van der Waals surface area contributed by atoms with Crippen molar-refractivity contribution in [2.24, 2.45) is 0 Å². The van der Waals surface area contributed by atoms with E-state index >= 15 is 0 Å². The lowest BCUT2D eigenvalue weighted by Gasteiger charge is -2.34. The fourth-order valence-corrected chi connectivity index (χ4v) is 3.94. The summed E-state index contributed by atoms with van der Waals surface area (Å²) < 4.78 is 0. The molecule has 0 aliphatic carbocycles. The Balaban J connectivity index is 1.43. The SMILES string of the molecule is CCN1CCN(Cc2ccccc2CNC(=O)NC(C)CCc2ccccc2)CC1. The van der Waals surface area contributed by atoms with Crippen LogP contribution in [0.25, 0.3) is 0 Å². The van der Waals surface area contributed by atoms with Crippen LogP contribution in [0.5, 0.6) is 0 Å². The fourth-order valence-electron chi connectivity index (χ4n) is 3.94. The molecule has 1 fully saturated rings. The van der Waals surface area contributed by atoms with Gasteiger partial charge in [-0.05, 0) is 43.0 Å². The molecule has 0 bridgehead atoms. The summed E-state index contributed by atoms with van der Waals surface area (Å²) in [5, 5.41) is 6.11. The lowest BCUT2D eigenvalue weighted by atomic mass is 10.1. The van der Waals surface area contributed by atoms with Crippen LogP contribution in [0, 0.1) is 0 Å². The molecular formula is C25H36N4O. The molecule has 0 radical (unpaired) electrons. The molecule has 1 saturated heterocycles. The maximum atomic E-state index is 12.4. The third-order valence-electron chi connectivity index (χ3n) is 5.95. The zero-order valence-electron chi connectivity index (χ0n) is 18.4. The number of likely N-dealkylation sites (N-methyl/N-ethyl adjacent to an activating group) is 1. The summed E-state index contributed by atoms with van der Waals surface area (Å²) in [6.07, 6.45) is 1.90. The molecule has 2 aromatic rings. The molecule has 0 aromatic heterocycles. The van der Waals surface area contributed by atoms with Gasteiger partial charge in [-0.25, -0.2) is 4.79 Å². The molecule has 1 atom stereocenters. The fraction of sp³-hybridized carbons (Fsp3) is 0.480. The number of benzene rings is 2. The minimum absolute atomic E-state index is 0.0954. The van der Waals surface area contributed by atoms with Gasteiger partial charge in [0.1, 0.15) is 0 Å². The Hall–Kier alpha value is -2.37. The van der Waals surface area contributed by atoms with Crippen molar-refractivity contribution in [2.45, 2.75) is 45.8 Å². The molecular weight excluding hydrogens is 372 g/mol. The number of nitrogens with zero attached hydrogens (tertiary/aromatic N) is 2. The number of nitrogens with one attached hydrogen (secondary N) is 2. The van der Waals surface area contributed by atoms with E-state index in [9.17, 15) is 4.79 Å². The quantitative estimate of drug-likeness (QED) is 0.666. The molecule has 1 unspecified atom stereocenters. The molecule has 30 heavy (non-hydrogen) atoms. The largest absolute Gasteiger partial charge is 0.336 e. The van der Waals surface area contributed by atoms with Crippen molar-refractivity contribution in [3.05, 3.63) is 71.3 Å². The minimum Gasteiger partial charge on any atom is -0.336 e. The summed E-state index contributed by atoms with van der Waals surface area (Å²) in [5.74, 6) is 0. The summed E-state index contributed by atoms with van der Waals surface area (Å²) in [5.41, 5.74) is 3.81. The summed E-state index contributed by atoms with van der Waals surface area (Å²) in [6.45, 7) is 11.4. The number of carbonyl (C=O) groups is 1. The number of hydrogen-bond donors (Lipinski definition) is 2. The first kappa shape index (κ1) is 22.3. The Bertz CT molecular complexity index is 772. The molecule has 0 saturated carbocycles. The van der Waals surface area contributed by atoms with Gasteiger partial charge in [0.05, 0.1) is 0 Å². The van der Waals surface area contributed by atoms with E-state index in [2.05, 4.69) is 82.8 Å². The van der Waals surface area contributed by atoms with Crippen LogP contribution in [0.3, 0.4) is 0 Å². The molecule has 1 aliphatic rings. The maximum Gasteiger partial charge on any atom is 0.315 e. The number of urea groups is 1. The van der Waals surface area contributed by atoms with Crippen LogP contribution in [0.1, 0.15) is 37.0 Å². The van der Waals surface area contributed by atoms with E-state index < -0.39 is 0 Å². The zero-order chi connectivity index (χ0) is 21.2. The van der Waals surface area contributed by atoms with Crippen LogP contribution < -0.4 is 10.6 Å². The standard InChI is InChI=1S/C25H36N4O/c1-3-28-15-17-29(18-16-28)20-24-12-8-7-11-23(24)19-26-25(30)27-21(2)13-14-22-9-5-4-6-10-22/h4-12,21H,3,13-20H2,1-2H3,(H2,26,27,30). The van der Waals surface area contributed by atoms with E-state index in [1.165, 1.54) is 16.7 Å². The third kappa shape index (κ3) is 7.15. The second-order valence-electron chi connectivity index (χ2n) is 8.23. The van der Waals surface area contributed by atoms with Gasteiger partial charge in [-0.3, -0.25) is 4.90 Å². The van der Waals surface area contributed by atoms with Crippen LogP contribution >= 0.6 is 0 Å². The maximum absolute atomic E-state index is 12.4. The molecule has 1 aliphatic heterocycles. The number of hydrogen-bond acceptors (Lipinski definition) is 3. The summed E-state index contributed by atoms with van der Waals surface area (Å²) in [4.78, 5) is 17.4. The van der Waals surface area contributed by atoms with Crippen molar-refractivity contribution in [3.8, 4) is 0 Å². The first-order chi connectivity index (χ1) is 14.6. The Morgan fingerprint density at radius 2 is 1.57 bits per heavy atom. The molecule has 2 aromatic carbocycles. The predicted molar refractivity (Wildman–Crippen MR) is 123 cm³/mol. The second-order valence-corrected chi connectivity index (χ2v) is 8.23. The lowest BCUT2D eigenvalue weighted by Crippen LogP contribution is -2.45. The van der Waals surface area contributed by atoms with Gasteiger partial charge < -0.3 is 15.5 Å². The van der Waals surface area contributed by atoms with Crippen molar-refractivity contribution >= 4 is 6.03 Å². The number of rotatable bonds is 9. The van der Waals surface area contributed by atoms with Crippen LogP contribution in [0.15, 0.2) is 54.6 Å². The molecule has 0 spiro atoms. The van der Waals surface area contributed by atoms with E-state index in [1.807, 2.05) is 6.07 Å². The van der Waals surface area contributed by atoms with Gasteiger partial charge in [0.15, 0.2) is 0 Å². The number of aryl methyl sites for hydroxylation is 1. The van der Waals surface area contributed by atoms with Crippen molar-refractivity contribution in [1.29, 1.82) is 0 Å². The van der Waals surface area contributed by atoms with Gasteiger partial charge in [0.25, 0.3) is 0 Å². The summed E-state index contributed by atoms with van der Waals surface area (Å²) in [7, 11) is 0. The van der Waals surface area contributed by atoms with Crippen molar-refractivity contribution in [3.63, 3.8) is 0 Å². The third-order valence-corrected chi connectivity index (χ3v) is 5.95. The van der Waals surface area contributed by atoms with Crippen LogP contribution in [0.2, 0.25) is 0 Å². The van der Waals surface area contributed by atoms with E-state index in [0.717, 1.165) is 52.1 Å². The lowest BCUT2D eigenvalue weighted by molar-refractivity contribution is 0.131. The number of piperazine rings is 1. The van der Waals surface area contributed by atoms with E-state index in [0.29, 0.717) is 6.54 Å². The molecule has 162 valence electrons. The molecule has 5 nitrogen and oxygen atoms in total. The smallest absolute Gasteiger partial charge is 0.315 e. The Kier molecular flexibility index (Phi) is 8.72. The predicted octanol–water partition coefficient (Wildman–Crippen LogP) is 3.64. The van der Waals surface area contributed by atoms with Crippen molar-refractivity contribution in [1.82, 2.24) is 20.4 Å². The monoisotopic (exact) mass is 408 g/mol. The van der Waals surface area contributed by atoms with E-state index in [-0.39, 0.29) is 12.1 Å². The molecule has 5 heteroatoms. The van der Waals surface area contributed by atoms with Crippen LogP contribution in [-0.2, 0) is 19.5 Å². The number of amides is 2. The Morgan fingerprint density at radius 1 is 0.933 bits per heavy atom. The van der Waals surface area contributed by atoms with Gasteiger partial charge >= 0.3 is 6.03 Å². The topological polar surface area (TPSA) is 47.6 Å². The highest BCUT2D eigenvalue weighted by Crippen LogP contribution is 2.13. The Labute approximate surface area is 181 Å². The van der Waals surface area contributed by atoms with Crippen molar-refractivity contribution in [2.75, 3.05) is 32.7 Å². The molecule has 1 heterocycles. The minimum atomic E-state index is -0.0954. The average Bonchev–Trinajstić information content (AvgIpc) is 2.78. The second kappa shape index (κ2) is 11.7. The zero-order valence-corrected chi connectivity index (χ0v) is 18.4. The van der Waals surface area contributed by atoms with Gasteiger partial charge in [-0.2, -0.15) is 0 Å². The van der Waals surface area contributed by atoms with E-state index in [1.54, 1.807) is 0 Å². The highest BCUT2D eigenvalue weighted by molar-refractivity contribution is 5.74. The van der Waals surface area contributed by atoms with E-state index in [4.69, 9.17) is 0 Å². The molecule has 2 amide bonds. The van der Waals surface area contributed by atoms with Crippen LogP contribution in [0.4, 0.5) is 4.79 Å². The van der Waals surface area contributed by atoms with Gasteiger partial charge in [-0.1, -0.05) is 61.5 Å². The highest BCUT2D eigenvalue weighted by Gasteiger charge is 2.16. The Morgan fingerprint density at radius 3 is 2.27 bits per heavy atom. The molecule has 2 N–H and O–H groups in total. The summed E-state index contributed by atoms with van der Waals surface area (Å²) in [6, 6.07) is 18.9. The summed E-state index contributed by atoms with van der Waals surface area (Å²) >= 11 is 0. The van der Waals surface area contributed by atoms with Gasteiger partial charge in [0, 0.05) is 45.3 Å². The normalized spacial score (nSPS) is 16.2. The van der Waals surface area contributed by atoms with Crippen LogP contribution in [-0.4, -0.2) is 54.6 Å². The number of carbonyl (C=O) groups excluding carboxylic acids is 1. The average molecular weight is 409 g/mol. The van der Waals surface area contributed by atoms with Gasteiger partial charge in [0.2, 0.25) is 0 Å². The van der Waals surface area contributed by atoms with Gasteiger partial charge in [-0.15, -0.1) is 0 Å².